The highest BCUT2D eigenvalue weighted by Gasteiger charge is 2.24. The van der Waals surface area contributed by atoms with E-state index in [4.69, 9.17) is 0 Å². The van der Waals surface area contributed by atoms with Crippen LogP contribution >= 0.6 is 11.8 Å². The highest BCUT2D eigenvalue weighted by molar-refractivity contribution is 7.99. The van der Waals surface area contributed by atoms with Gasteiger partial charge in [0.25, 0.3) is 0 Å². The number of anilines is 1. The first-order valence-electron chi connectivity index (χ1n) is 7.53. The van der Waals surface area contributed by atoms with E-state index < -0.39 is 0 Å². The summed E-state index contributed by atoms with van der Waals surface area (Å²) in [5.41, 5.74) is 2.23. The fraction of sp³-hybridized carbons (Fsp3) is 0.562. The van der Waals surface area contributed by atoms with Crippen molar-refractivity contribution in [1.82, 2.24) is 5.32 Å². The van der Waals surface area contributed by atoms with Gasteiger partial charge in [-0.2, -0.15) is 11.8 Å². The molecule has 1 fully saturated rings. The number of para-hydroxylation sites is 1. The third-order valence-electron chi connectivity index (χ3n) is 4.29. The molecule has 0 aliphatic carbocycles. The van der Waals surface area contributed by atoms with E-state index in [-0.39, 0.29) is 11.9 Å². The molecule has 3 rings (SSSR count). The number of hydrogen-bond donors (Lipinski definition) is 2. The van der Waals surface area contributed by atoms with Crippen molar-refractivity contribution in [2.24, 2.45) is 5.92 Å². The lowest BCUT2D eigenvalue weighted by atomic mass is 10.0. The number of aryl methyl sites for hydroxylation is 1. The average molecular weight is 290 g/mol. The molecule has 1 unspecified atom stereocenters. The van der Waals surface area contributed by atoms with Gasteiger partial charge in [0.2, 0.25) is 5.91 Å². The molecular weight excluding hydrogens is 268 g/mol. The third-order valence-corrected chi connectivity index (χ3v) is 5.34. The molecule has 1 amide bonds. The Kier molecular flexibility index (Phi) is 4.63. The number of nitrogens with one attached hydrogen (secondary N) is 2. The summed E-state index contributed by atoms with van der Waals surface area (Å²) < 4.78 is 0. The van der Waals surface area contributed by atoms with Crippen molar-refractivity contribution in [1.29, 1.82) is 0 Å². The second-order valence-corrected chi connectivity index (χ2v) is 6.93. The quantitative estimate of drug-likeness (QED) is 0.899. The van der Waals surface area contributed by atoms with Crippen LogP contribution in [-0.4, -0.2) is 30.0 Å². The third kappa shape index (κ3) is 3.36. The summed E-state index contributed by atoms with van der Waals surface area (Å²) in [6, 6.07) is 8.08. The van der Waals surface area contributed by atoms with Gasteiger partial charge in [0.15, 0.2) is 0 Å². The Morgan fingerprint density at radius 2 is 2.00 bits per heavy atom. The second-order valence-electron chi connectivity index (χ2n) is 5.70. The van der Waals surface area contributed by atoms with Crippen LogP contribution in [0.25, 0.3) is 0 Å². The minimum absolute atomic E-state index is 0.0445. The lowest BCUT2D eigenvalue weighted by Gasteiger charge is -2.24. The molecule has 1 saturated heterocycles. The van der Waals surface area contributed by atoms with E-state index >= 15 is 0 Å². The van der Waals surface area contributed by atoms with Crippen molar-refractivity contribution in [2.45, 2.75) is 31.7 Å². The molecule has 2 aliphatic rings. The summed E-state index contributed by atoms with van der Waals surface area (Å²) in [5, 5.41) is 6.55. The maximum absolute atomic E-state index is 12.3. The van der Waals surface area contributed by atoms with Crippen LogP contribution in [0.2, 0.25) is 0 Å². The van der Waals surface area contributed by atoms with Crippen LogP contribution < -0.4 is 10.6 Å². The SMILES string of the molecule is O=C1Nc2ccccc2CCC1NCC1CCSCC1. The number of carbonyl (C=O) groups is 1. The van der Waals surface area contributed by atoms with Gasteiger partial charge in [-0.15, -0.1) is 0 Å². The van der Waals surface area contributed by atoms with E-state index in [1.54, 1.807) is 0 Å². The van der Waals surface area contributed by atoms with Gasteiger partial charge in [-0.25, -0.2) is 0 Å². The number of amides is 1. The molecule has 0 spiro atoms. The molecule has 2 heterocycles. The summed E-state index contributed by atoms with van der Waals surface area (Å²) in [4.78, 5) is 12.3. The first-order valence-corrected chi connectivity index (χ1v) is 8.68. The Labute approximate surface area is 124 Å². The van der Waals surface area contributed by atoms with Crippen molar-refractivity contribution >= 4 is 23.4 Å². The van der Waals surface area contributed by atoms with Gasteiger partial charge in [-0.05, 0) is 61.3 Å². The normalized spacial score (nSPS) is 23.8. The zero-order chi connectivity index (χ0) is 13.8. The van der Waals surface area contributed by atoms with Gasteiger partial charge in [-0.3, -0.25) is 4.79 Å². The number of rotatable bonds is 3. The summed E-state index contributed by atoms with van der Waals surface area (Å²) in [5.74, 6) is 3.42. The molecule has 0 saturated carbocycles. The highest BCUT2D eigenvalue weighted by Crippen LogP contribution is 2.24. The summed E-state index contributed by atoms with van der Waals surface area (Å²) in [6.07, 6.45) is 4.43. The first-order chi connectivity index (χ1) is 9.83. The Bertz CT molecular complexity index is 471. The summed E-state index contributed by atoms with van der Waals surface area (Å²) in [6.45, 7) is 0.981. The van der Waals surface area contributed by atoms with Crippen molar-refractivity contribution in [3.05, 3.63) is 29.8 Å². The fourth-order valence-electron chi connectivity index (χ4n) is 2.97. The molecule has 20 heavy (non-hydrogen) atoms. The predicted molar refractivity (Wildman–Crippen MR) is 85.2 cm³/mol. The molecule has 108 valence electrons. The Balaban J connectivity index is 1.57. The zero-order valence-corrected chi connectivity index (χ0v) is 12.5. The first kappa shape index (κ1) is 14.0. The second kappa shape index (κ2) is 6.64. The number of hydrogen-bond acceptors (Lipinski definition) is 3. The maximum atomic E-state index is 12.3. The molecule has 2 N–H and O–H groups in total. The molecule has 4 heteroatoms. The molecule has 0 bridgehead atoms. The van der Waals surface area contributed by atoms with Gasteiger partial charge >= 0.3 is 0 Å². The van der Waals surface area contributed by atoms with E-state index in [2.05, 4.69) is 16.7 Å². The molecule has 0 aromatic heterocycles. The zero-order valence-electron chi connectivity index (χ0n) is 11.7. The topological polar surface area (TPSA) is 41.1 Å². The average Bonchev–Trinajstić information content (AvgIpc) is 2.65. The Hall–Kier alpha value is -1.00. The van der Waals surface area contributed by atoms with E-state index in [9.17, 15) is 4.79 Å². The van der Waals surface area contributed by atoms with Crippen LogP contribution in [0, 0.1) is 5.92 Å². The van der Waals surface area contributed by atoms with Gasteiger partial charge in [0.1, 0.15) is 0 Å². The van der Waals surface area contributed by atoms with Gasteiger partial charge in [0, 0.05) is 5.69 Å². The summed E-state index contributed by atoms with van der Waals surface area (Å²) >= 11 is 2.05. The lowest BCUT2D eigenvalue weighted by Crippen LogP contribution is -2.42. The van der Waals surface area contributed by atoms with Gasteiger partial charge in [-0.1, -0.05) is 18.2 Å². The molecule has 1 aromatic carbocycles. The van der Waals surface area contributed by atoms with Crippen LogP contribution in [0.15, 0.2) is 24.3 Å². The largest absolute Gasteiger partial charge is 0.324 e. The van der Waals surface area contributed by atoms with Crippen LogP contribution in [0.5, 0.6) is 0 Å². The summed E-state index contributed by atoms with van der Waals surface area (Å²) in [7, 11) is 0. The standard InChI is InChI=1S/C16H22N2OS/c19-16-15(17-11-12-7-9-20-10-8-12)6-5-13-3-1-2-4-14(13)18-16/h1-4,12,15,17H,5-11H2,(H,18,19). The fourth-order valence-corrected chi connectivity index (χ4v) is 4.17. The maximum Gasteiger partial charge on any atom is 0.241 e. The monoisotopic (exact) mass is 290 g/mol. The number of benzene rings is 1. The van der Waals surface area contributed by atoms with Crippen LogP contribution in [0.4, 0.5) is 5.69 Å². The number of carbonyl (C=O) groups excluding carboxylic acids is 1. The van der Waals surface area contributed by atoms with E-state index in [1.807, 2.05) is 30.0 Å². The Morgan fingerprint density at radius 1 is 1.20 bits per heavy atom. The molecule has 1 atom stereocenters. The molecular formula is C16H22N2OS. The number of fused-ring (bicyclic) bond motifs is 1. The van der Waals surface area contributed by atoms with Crippen LogP contribution in [0.3, 0.4) is 0 Å². The van der Waals surface area contributed by atoms with Crippen molar-refractivity contribution in [3.63, 3.8) is 0 Å². The van der Waals surface area contributed by atoms with Crippen molar-refractivity contribution < 1.29 is 4.79 Å². The van der Waals surface area contributed by atoms with Crippen molar-refractivity contribution in [2.75, 3.05) is 23.4 Å². The smallest absolute Gasteiger partial charge is 0.241 e. The molecule has 3 nitrogen and oxygen atoms in total. The molecule has 2 aliphatic heterocycles. The van der Waals surface area contributed by atoms with E-state index in [0.29, 0.717) is 0 Å². The van der Waals surface area contributed by atoms with E-state index in [0.717, 1.165) is 31.0 Å². The highest BCUT2D eigenvalue weighted by atomic mass is 32.2. The van der Waals surface area contributed by atoms with E-state index in [1.165, 1.54) is 29.9 Å². The predicted octanol–water partition coefficient (Wildman–Crippen LogP) is 2.67. The number of thioether (sulfide) groups is 1. The lowest BCUT2D eigenvalue weighted by molar-refractivity contribution is -0.118. The van der Waals surface area contributed by atoms with Crippen LogP contribution in [0.1, 0.15) is 24.8 Å². The minimum Gasteiger partial charge on any atom is -0.324 e. The molecule has 0 radical (unpaired) electrons. The van der Waals surface area contributed by atoms with Gasteiger partial charge in [0.05, 0.1) is 6.04 Å². The van der Waals surface area contributed by atoms with Crippen LogP contribution in [-0.2, 0) is 11.2 Å². The van der Waals surface area contributed by atoms with Gasteiger partial charge < -0.3 is 10.6 Å². The van der Waals surface area contributed by atoms with Crippen molar-refractivity contribution in [3.8, 4) is 0 Å². The molecule has 1 aromatic rings. The Morgan fingerprint density at radius 3 is 2.85 bits per heavy atom. The minimum atomic E-state index is -0.0445.